The summed E-state index contributed by atoms with van der Waals surface area (Å²) >= 11 is 1.19. The molecule has 1 atom stereocenters. The first-order valence-electron chi connectivity index (χ1n) is 7.25. The summed E-state index contributed by atoms with van der Waals surface area (Å²) in [4.78, 5) is 22.2. The maximum atomic E-state index is 13.3. The highest BCUT2D eigenvalue weighted by Crippen LogP contribution is 2.25. The molecule has 0 saturated carbocycles. The van der Waals surface area contributed by atoms with Gasteiger partial charge >= 0.3 is 5.69 Å². The summed E-state index contributed by atoms with van der Waals surface area (Å²) in [5, 5.41) is 21.3. The fourth-order valence-electron chi connectivity index (χ4n) is 1.97. The number of rotatable bonds is 7. The largest absolute Gasteiger partial charge is 0.325 e. The molecule has 0 radical (unpaired) electrons. The second kappa shape index (κ2) is 7.88. The Morgan fingerprint density at radius 3 is 2.92 bits per heavy atom. The van der Waals surface area contributed by atoms with Gasteiger partial charge in [0.25, 0.3) is 0 Å². The maximum absolute atomic E-state index is 13.3. The number of hydrogen-bond acceptors (Lipinski definition) is 6. The molecule has 0 saturated heterocycles. The van der Waals surface area contributed by atoms with Crippen LogP contribution in [0.2, 0.25) is 0 Å². The SMILES string of the molecule is C=CCn1c(C)nnc1SC(C)C(=O)Nc1ccc(F)c([N+](=O)[O-])c1. The van der Waals surface area contributed by atoms with E-state index in [9.17, 15) is 19.3 Å². The number of aromatic nitrogens is 3. The molecule has 1 aromatic carbocycles. The van der Waals surface area contributed by atoms with Crippen molar-refractivity contribution in [3.63, 3.8) is 0 Å². The molecule has 1 amide bonds. The van der Waals surface area contributed by atoms with Crippen LogP contribution in [0.1, 0.15) is 12.7 Å². The summed E-state index contributed by atoms with van der Waals surface area (Å²) in [6, 6.07) is 3.19. The molecule has 0 bridgehead atoms. The van der Waals surface area contributed by atoms with Crippen molar-refractivity contribution >= 4 is 29.0 Å². The number of allylic oxidation sites excluding steroid dienone is 1. The molecule has 132 valence electrons. The number of carbonyl (C=O) groups excluding carboxylic acids is 1. The first-order chi connectivity index (χ1) is 11.8. The van der Waals surface area contributed by atoms with Crippen LogP contribution in [-0.4, -0.2) is 30.8 Å². The molecule has 1 unspecified atom stereocenters. The van der Waals surface area contributed by atoms with E-state index in [1.165, 1.54) is 17.8 Å². The van der Waals surface area contributed by atoms with Crippen LogP contribution in [0.3, 0.4) is 0 Å². The zero-order chi connectivity index (χ0) is 18.6. The maximum Gasteiger partial charge on any atom is 0.306 e. The Kier molecular flexibility index (Phi) is 5.86. The summed E-state index contributed by atoms with van der Waals surface area (Å²) in [5.41, 5.74) is -0.547. The minimum absolute atomic E-state index is 0.147. The predicted octanol–water partition coefficient (Wildman–Crippen LogP) is 2.94. The molecule has 2 rings (SSSR count). The zero-order valence-corrected chi connectivity index (χ0v) is 14.4. The number of amides is 1. The van der Waals surface area contributed by atoms with Gasteiger partial charge in [-0.3, -0.25) is 14.9 Å². The van der Waals surface area contributed by atoms with Gasteiger partial charge in [0.15, 0.2) is 5.16 Å². The molecular weight excluding hydrogens is 349 g/mol. The molecule has 2 aromatic rings. The monoisotopic (exact) mass is 365 g/mol. The van der Waals surface area contributed by atoms with Gasteiger partial charge in [-0.15, -0.1) is 16.8 Å². The van der Waals surface area contributed by atoms with Gasteiger partial charge in [-0.25, -0.2) is 0 Å². The lowest BCUT2D eigenvalue weighted by molar-refractivity contribution is -0.387. The highest BCUT2D eigenvalue weighted by atomic mass is 32.2. The van der Waals surface area contributed by atoms with Crippen LogP contribution in [0, 0.1) is 22.9 Å². The van der Waals surface area contributed by atoms with E-state index in [1.54, 1.807) is 19.9 Å². The van der Waals surface area contributed by atoms with Gasteiger partial charge < -0.3 is 9.88 Å². The van der Waals surface area contributed by atoms with Gasteiger partial charge in [-0.2, -0.15) is 4.39 Å². The second-order valence-corrected chi connectivity index (χ2v) is 6.41. The average Bonchev–Trinajstić information content (AvgIpc) is 2.90. The van der Waals surface area contributed by atoms with Gasteiger partial charge in [0, 0.05) is 18.3 Å². The number of nitro groups is 1. The lowest BCUT2D eigenvalue weighted by Gasteiger charge is -2.12. The van der Waals surface area contributed by atoms with Crippen molar-refractivity contribution in [3.05, 3.63) is 52.6 Å². The zero-order valence-electron chi connectivity index (χ0n) is 13.6. The summed E-state index contributed by atoms with van der Waals surface area (Å²) in [6.07, 6.45) is 1.70. The first kappa shape index (κ1) is 18.6. The smallest absolute Gasteiger partial charge is 0.306 e. The lowest BCUT2D eigenvalue weighted by Crippen LogP contribution is -2.23. The molecule has 10 heteroatoms. The second-order valence-electron chi connectivity index (χ2n) is 5.10. The Morgan fingerprint density at radius 2 is 2.28 bits per heavy atom. The summed E-state index contributed by atoms with van der Waals surface area (Å²) in [5.74, 6) is -0.653. The van der Waals surface area contributed by atoms with Gasteiger partial charge in [0.05, 0.1) is 10.2 Å². The highest BCUT2D eigenvalue weighted by Gasteiger charge is 2.21. The van der Waals surface area contributed by atoms with Crippen molar-refractivity contribution < 1.29 is 14.1 Å². The van der Waals surface area contributed by atoms with Crippen LogP contribution in [0.5, 0.6) is 0 Å². The van der Waals surface area contributed by atoms with Crippen molar-refractivity contribution in [3.8, 4) is 0 Å². The molecule has 8 nitrogen and oxygen atoms in total. The number of anilines is 1. The van der Waals surface area contributed by atoms with Gasteiger partial charge in [-0.05, 0) is 26.0 Å². The number of thioether (sulfide) groups is 1. The van der Waals surface area contributed by atoms with E-state index >= 15 is 0 Å². The number of carbonyl (C=O) groups is 1. The fraction of sp³-hybridized carbons (Fsp3) is 0.267. The van der Waals surface area contributed by atoms with Crippen molar-refractivity contribution in [1.82, 2.24) is 14.8 Å². The van der Waals surface area contributed by atoms with Crippen LogP contribution in [0.25, 0.3) is 0 Å². The van der Waals surface area contributed by atoms with Crippen LogP contribution in [0.4, 0.5) is 15.8 Å². The summed E-state index contributed by atoms with van der Waals surface area (Å²) in [6.45, 7) is 7.64. The molecule has 1 heterocycles. The fourth-order valence-corrected chi connectivity index (χ4v) is 2.88. The van der Waals surface area contributed by atoms with Gasteiger partial charge in [-0.1, -0.05) is 17.8 Å². The minimum Gasteiger partial charge on any atom is -0.325 e. The number of nitro benzene ring substituents is 1. The van der Waals surface area contributed by atoms with Gasteiger partial charge in [0.1, 0.15) is 5.82 Å². The summed E-state index contributed by atoms with van der Waals surface area (Å²) < 4.78 is 15.1. The Hall–Kier alpha value is -2.75. The van der Waals surface area contributed by atoms with Crippen molar-refractivity contribution in [1.29, 1.82) is 0 Å². The third-order valence-electron chi connectivity index (χ3n) is 3.28. The van der Waals surface area contributed by atoms with Crippen LogP contribution < -0.4 is 5.32 Å². The minimum atomic E-state index is -0.960. The number of aryl methyl sites for hydroxylation is 1. The topological polar surface area (TPSA) is 103 Å². The summed E-state index contributed by atoms with van der Waals surface area (Å²) in [7, 11) is 0. The third-order valence-corrected chi connectivity index (χ3v) is 4.36. The van der Waals surface area contributed by atoms with E-state index in [-0.39, 0.29) is 5.69 Å². The van der Waals surface area contributed by atoms with E-state index in [0.29, 0.717) is 17.5 Å². The molecule has 0 aliphatic rings. The standard InChI is InChI=1S/C15H16FN5O3S/c1-4-7-20-10(3)18-19-15(20)25-9(2)14(22)17-11-5-6-12(16)13(8-11)21(23)24/h4-6,8-9H,1,7H2,2-3H3,(H,17,22). The molecule has 1 aromatic heterocycles. The normalized spacial score (nSPS) is 11.8. The molecule has 0 aliphatic heterocycles. The molecule has 25 heavy (non-hydrogen) atoms. The first-order valence-corrected chi connectivity index (χ1v) is 8.13. The van der Waals surface area contributed by atoms with Crippen molar-refractivity contribution in [2.24, 2.45) is 0 Å². The van der Waals surface area contributed by atoms with Crippen LogP contribution in [-0.2, 0) is 11.3 Å². The quantitative estimate of drug-likeness (QED) is 0.350. The highest BCUT2D eigenvalue weighted by molar-refractivity contribution is 8.00. The number of benzene rings is 1. The molecular formula is C15H16FN5O3S. The molecule has 0 aliphatic carbocycles. The third kappa shape index (κ3) is 4.41. The van der Waals surface area contributed by atoms with E-state index in [1.807, 2.05) is 4.57 Å². The Morgan fingerprint density at radius 1 is 1.56 bits per heavy atom. The van der Waals surface area contributed by atoms with Crippen molar-refractivity contribution in [2.45, 2.75) is 30.8 Å². The molecule has 1 N–H and O–H groups in total. The number of nitrogens with one attached hydrogen (secondary N) is 1. The van der Waals surface area contributed by atoms with E-state index in [4.69, 9.17) is 0 Å². The predicted molar refractivity (Wildman–Crippen MR) is 92.0 cm³/mol. The van der Waals surface area contributed by atoms with E-state index < -0.39 is 27.6 Å². The number of halogens is 1. The Labute approximate surface area is 147 Å². The average molecular weight is 365 g/mol. The Balaban J connectivity index is 2.10. The van der Waals surface area contributed by atoms with E-state index in [2.05, 4.69) is 22.1 Å². The number of hydrogen-bond donors (Lipinski definition) is 1. The van der Waals surface area contributed by atoms with Crippen molar-refractivity contribution in [2.75, 3.05) is 5.32 Å². The lowest BCUT2D eigenvalue weighted by atomic mass is 10.2. The van der Waals surface area contributed by atoms with Crippen LogP contribution in [0.15, 0.2) is 36.0 Å². The molecule has 0 spiro atoms. The van der Waals surface area contributed by atoms with E-state index in [0.717, 1.165) is 12.1 Å². The van der Waals surface area contributed by atoms with Crippen LogP contribution >= 0.6 is 11.8 Å². The molecule has 0 fully saturated rings. The van der Waals surface area contributed by atoms with Gasteiger partial charge in [0.2, 0.25) is 11.7 Å². The number of nitrogens with zero attached hydrogens (tertiary/aromatic N) is 4. The Bertz CT molecular complexity index is 823.